The Morgan fingerprint density at radius 1 is 1.28 bits per heavy atom. The fourth-order valence-electron chi connectivity index (χ4n) is 2.18. The second kappa shape index (κ2) is 4.64. The average molecular weight is 244 g/mol. The number of aryl methyl sites for hydroxylation is 1. The molecule has 0 radical (unpaired) electrons. The van der Waals surface area contributed by atoms with Gasteiger partial charge in [0.05, 0.1) is 16.9 Å². The van der Waals surface area contributed by atoms with Crippen molar-refractivity contribution in [3.63, 3.8) is 0 Å². The van der Waals surface area contributed by atoms with E-state index in [0.29, 0.717) is 0 Å². The summed E-state index contributed by atoms with van der Waals surface area (Å²) in [4.78, 5) is 10.8. The number of nitrogens with zero attached hydrogens (tertiary/aromatic N) is 2. The quantitative estimate of drug-likeness (QED) is 0.903. The molecule has 4 nitrogen and oxygen atoms in total. The lowest BCUT2D eigenvalue weighted by Gasteiger charge is -2.05. The van der Waals surface area contributed by atoms with Crippen molar-refractivity contribution >= 4 is 5.97 Å². The second-order valence-corrected chi connectivity index (χ2v) is 4.27. The van der Waals surface area contributed by atoms with Gasteiger partial charge in [0.2, 0.25) is 0 Å². The van der Waals surface area contributed by atoms with E-state index in [1.807, 2.05) is 18.5 Å². The van der Waals surface area contributed by atoms with E-state index in [1.165, 1.54) is 5.56 Å². The summed E-state index contributed by atoms with van der Waals surface area (Å²) in [7, 11) is 0. The molecule has 0 amide bonds. The molecule has 4 heteroatoms. The number of aromatic carboxylic acids is 1. The average Bonchev–Trinajstić information content (AvgIpc) is 2.64. The highest BCUT2D eigenvalue weighted by atomic mass is 16.4. The Labute approximate surface area is 106 Å². The molecule has 0 spiro atoms. The van der Waals surface area contributed by atoms with Crippen LogP contribution in [0.15, 0.2) is 24.3 Å². The fourth-order valence-corrected chi connectivity index (χ4v) is 2.18. The standard InChI is InChI=1S/C14H16N2O2/c1-4-13-9(2)15-16(10(13)3)12-7-5-11(6-8-12)14(17)18/h5-8H,4H2,1-3H3,(H,17,18). The summed E-state index contributed by atoms with van der Waals surface area (Å²) >= 11 is 0. The van der Waals surface area contributed by atoms with Gasteiger partial charge in [-0.25, -0.2) is 9.48 Å². The normalized spacial score (nSPS) is 10.6. The third kappa shape index (κ3) is 2.01. The first-order valence-electron chi connectivity index (χ1n) is 5.93. The van der Waals surface area contributed by atoms with Gasteiger partial charge in [0.15, 0.2) is 0 Å². The largest absolute Gasteiger partial charge is 0.478 e. The van der Waals surface area contributed by atoms with Crippen molar-refractivity contribution in [3.05, 3.63) is 46.8 Å². The van der Waals surface area contributed by atoms with Crippen LogP contribution in [0.3, 0.4) is 0 Å². The predicted octanol–water partition coefficient (Wildman–Crippen LogP) is 2.75. The number of carboxylic acids is 1. The highest BCUT2D eigenvalue weighted by Crippen LogP contribution is 2.18. The number of rotatable bonds is 3. The first-order chi connectivity index (χ1) is 8.54. The minimum Gasteiger partial charge on any atom is -0.478 e. The molecule has 1 aromatic carbocycles. The second-order valence-electron chi connectivity index (χ2n) is 4.27. The molecule has 0 unspecified atom stereocenters. The summed E-state index contributed by atoms with van der Waals surface area (Å²) in [5, 5.41) is 13.4. The lowest BCUT2D eigenvalue weighted by molar-refractivity contribution is 0.0697. The Morgan fingerprint density at radius 3 is 2.33 bits per heavy atom. The van der Waals surface area contributed by atoms with Crippen molar-refractivity contribution in [2.24, 2.45) is 0 Å². The van der Waals surface area contributed by atoms with Gasteiger partial charge < -0.3 is 5.11 Å². The lowest BCUT2D eigenvalue weighted by atomic mass is 10.1. The van der Waals surface area contributed by atoms with E-state index in [1.54, 1.807) is 24.3 Å². The number of benzene rings is 1. The van der Waals surface area contributed by atoms with Crippen LogP contribution >= 0.6 is 0 Å². The Morgan fingerprint density at radius 2 is 1.89 bits per heavy atom. The number of hydrogen-bond acceptors (Lipinski definition) is 2. The molecule has 1 N–H and O–H groups in total. The molecule has 0 fully saturated rings. The van der Waals surface area contributed by atoms with Crippen molar-refractivity contribution in [1.29, 1.82) is 0 Å². The van der Waals surface area contributed by atoms with Crippen LogP contribution in [0.2, 0.25) is 0 Å². The SMILES string of the molecule is CCc1c(C)nn(-c2ccc(C(=O)O)cc2)c1C. The zero-order valence-corrected chi connectivity index (χ0v) is 10.8. The van der Waals surface area contributed by atoms with Gasteiger partial charge in [-0.2, -0.15) is 5.10 Å². The molecule has 0 aliphatic heterocycles. The van der Waals surface area contributed by atoms with Gasteiger partial charge >= 0.3 is 5.97 Å². The Balaban J connectivity index is 2.46. The molecule has 1 heterocycles. The Kier molecular flexibility index (Phi) is 3.19. The molecule has 94 valence electrons. The monoisotopic (exact) mass is 244 g/mol. The van der Waals surface area contributed by atoms with Crippen LogP contribution < -0.4 is 0 Å². The number of carboxylic acid groups (broad SMARTS) is 1. The molecule has 0 saturated heterocycles. The van der Waals surface area contributed by atoms with Crippen molar-refractivity contribution in [2.45, 2.75) is 27.2 Å². The van der Waals surface area contributed by atoms with E-state index >= 15 is 0 Å². The molecule has 0 aliphatic carbocycles. The van der Waals surface area contributed by atoms with Gasteiger partial charge in [-0.1, -0.05) is 6.92 Å². The van der Waals surface area contributed by atoms with Gasteiger partial charge in [-0.05, 0) is 50.1 Å². The maximum Gasteiger partial charge on any atom is 0.335 e. The molecular formula is C14H16N2O2. The van der Waals surface area contributed by atoms with E-state index in [2.05, 4.69) is 12.0 Å². The third-order valence-electron chi connectivity index (χ3n) is 3.15. The molecule has 0 aliphatic rings. The summed E-state index contributed by atoms with van der Waals surface area (Å²) in [5.41, 5.74) is 4.56. The molecule has 2 rings (SSSR count). The molecule has 0 saturated carbocycles. The summed E-state index contributed by atoms with van der Waals surface area (Å²) in [6.07, 6.45) is 0.949. The fraction of sp³-hybridized carbons (Fsp3) is 0.286. The Hall–Kier alpha value is -2.10. The number of carbonyl (C=O) groups is 1. The van der Waals surface area contributed by atoms with Gasteiger partial charge in [-0.15, -0.1) is 0 Å². The van der Waals surface area contributed by atoms with Crippen molar-refractivity contribution in [2.75, 3.05) is 0 Å². The van der Waals surface area contributed by atoms with Gasteiger partial charge in [0.25, 0.3) is 0 Å². The molecular weight excluding hydrogens is 228 g/mol. The van der Waals surface area contributed by atoms with Crippen LogP contribution in [0.25, 0.3) is 5.69 Å². The predicted molar refractivity (Wildman–Crippen MR) is 69.4 cm³/mol. The number of aromatic nitrogens is 2. The summed E-state index contributed by atoms with van der Waals surface area (Å²) in [6, 6.07) is 6.75. The van der Waals surface area contributed by atoms with E-state index in [0.717, 1.165) is 23.5 Å². The van der Waals surface area contributed by atoms with Crippen LogP contribution in [0.5, 0.6) is 0 Å². The van der Waals surface area contributed by atoms with Crippen LogP contribution in [-0.2, 0) is 6.42 Å². The van der Waals surface area contributed by atoms with E-state index in [4.69, 9.17) is 5.11 Å². The van der Waals surface area contributed by atoms with Crippen LogP contribution in [-0.4, -0.2) is 20.9 Å². The molecule has 1 aromatic heterocycles. The van der Waals surface area contributed by atoms with Crippen molar-refractivity contribution < 1.29 is 9.90 Å². The highest BCUT2D eigenvalue weighted by molar-refractivity contribution is 5.87. The topological polar surface area (TPSA) is 55.1 Å². The smallest absolute Gasteiger partial charge is 0.335 e. The molecule has 0 atom stereocenters. The third-order valence-corrected chi connectivity index (χ3v) is 3.15. The van der Waals surface area contributed by atoms with Crippen molar-refractivity contribution in [3.8, 4) is 5.69 Å². The molecule has 0 bridgehead atoms. The first kappa shape index (κ1) is 12.4. The molecule has 18 heavy (non-hydrogen) atoms. The molecule has 2 aromatic rings. The number of hydrogen-bond donors (Lipinski definition) is 1. The van der Waals surface area contributed by atoms with Gasteiger partial charge in [0, 0.05) is 5.69 Å². The van der Waals surface area contributed by atoms with Crippen LogP contribution in [0, 0.1) is 13.8 Å². The van der Waals surface area contributed by atoms with Crippen LogP contribution in [0.4, 0.5) is 0 Å². The van der Waals surface area contributed by atoms with E-state index in [9.17, 15) is 4.79 Å². The lowest BCUT2D eigenvalue weighted by Crippen LogP contribution is -2.01. The summed E-state index contributed by atoms with van der Waals surface area (Å²) in [6.45, 7) is 6.13. The zero-order chi connectivity index (χ0) is 13.3. The summed E-state index contributed by atoms with van der Waals surface area (Å²) < 4.78 is 1.86. The van der Waals surface area contributed by atoms with Gasteiger partial charge in [0.1, 0.15) is 0 Å². The zero-order valence-electron chi connectivity index (χ0n) is 10.8. The first-order valence-corrected chi connectivity index (χ1v) is 5.93. The maximum atomic E-state index is 10.8. The van der Waals surface area contributed by atoms with Crippen molar-refractivity contribution in [1.82, 2.24) is 9.78 Å². The Bertz CT molecular complexity index is 583. The maximum absolute atomic E-state index is 10.8. The minimum atomic E-state index is -0.913. The van der Waals surface area contributed by atoms with Gasteiger partial charge in [-0.3, -0.25) is 0 Å². The van der Waals surface area contributed by atoms with E-state index in [-0.39, 0.29) is 5.56 Å². The van der Waals surface area contributed by atoms with E-state index < -0.39 is 5.97 Å². The highest BCUT2D eigenvalue weighted by Gasteiger charge is 2.11. The minimum absolute atomic E-state index is 0.288. The van der Waals surface area contributed by atoms with Crippen LogP contribution in [0.1, 0.15) is 34.2 Å². The summed E-state index contributed by atoms with van der Waals surface area (Å²) in [5.74, 6) is -0.913.